The van der Waals surface area contributed by atoms with Crippen LogP contribution in [0.1, 0.15) is 18.2 Å². The van der Waals surface area contributed by atoms with Crippen molar-refractivity contribution in [3.8, 4) is 0 Å². The van der Waals surface area contributed by atoms with E-state index in [2.05, 4.69) is 40.0 Å². The van der Waals surface area contributed by atoms with Gasteiger partial charge in [-0.2, -0.15) is 0 Å². The van der Waals surface area contributed by atoms with Crippen LogP contribution in [0.4, 0.5) is 11.6 Å². The maximum atomic E-state index is 5.63. The van der Waals surface area contributed by atoms with Crippen LogP contribution in [0.3, 0.4) is 0 Å². The number of para-hydroxylation sites is 1. The van der Waals surface area contributed by atoms with Gasteiger partial charge in [0.25, 0.3) is 0 Å². The van der Waals surface area contributed by atoms with Crippen LogP contribution in [0.25, 0.3) is 0 Å². The van der Waals surface area contributed by atoms with Gasteiger partial charge in [-0.25, -0.2) is 9.97 Å². The van der Waals surface area contributed by atoms with Crippen molar-refractivity contribution in [2.24, 2.45) is 5.73 Å². The molecule has 4 nitrogen and oxygen atoms in total. The molecule has 3 rings (SSSR count). The molecule has 5 heteroatoms. The van der Waals surface area contributed by atoms with Gasteiger partial charge in [0.2, 0.25) is 5.95 Å². The summed E-state index contributed by atoms with van der Waals surface area (Å²) in [6, 6.07) is 10.4. The van der Waals surface area contributed by atoms with E-state index in [1.165, 1.54) is 5.56 Å². The summed E-state index contributed by atoms with van der Waals surface area (Å²) in [6.45, 7) is 2.16. The number of anilines is 2. The number of rotatable bonds is 2. The normalized spacial score (nSPS) is 17.3. The molecule has 0 radical (unpaired) electrons. The van der Waals surface area contributed by atoms with Crippen molar-refractivity contribution < 1.29 is 0 Å². The summed E-state index contributed by atoms with van der Waals surface area (Å²) in [6.07, 6.45) is 2.70. The Labute approximate surface area is 117 Å². The second-order valence-electron chi connectivity index (χ2n) is 4.66. The lowest BCUT2D eigenvalue weighted by Gasteiger charge is -2.22. The molecule has 1 aliphatic heterocycles. The molecule has 0 bridgehead atoms. The summed E-state index contributed by atoms with van der Waals surface area (Å²) >= 11 is 4.97. The van der Waals surface area contributed by atoms with Crippen LogP contribution < -0.4 is 10.6 Å². The van der Waals surface area contributed by atoms with Crippen LogP contribution in [-0.2, 0) is 6.42 Å². The van der Waals surface area contributed by atoms with E-state index < -0.39 is 0 Å². The zero-order valence-electron chi connectivity index (χ0n) is 10.6. The number of hydrogen-bond donors (Lipinski definition) is 1. The van der Waals surface area contributed by atoms with Gasteiger partial charge in [-0.1, -0.05) is 30.4 Å². The third-order valence-electron chi connectivity index (χ3n) is 3.32. The molecule has 1 unspecified atom stereocenters. The van der Waals surface area contributed by atoms with Crippen molar-refractivity contribution in [2.45, 2.75) is 19.4 Å². The van der Waals surface area contributed by atoms with Gasteiger partial charge in [0.15, 0.2) is 0 Å². The number of fused-ring (bicyclic) bond motifs is 1. The molecule has 1 aliphatic rings. The minimum Gasteiger partial charge on any atom is -0.388 e. The molecule has 1 aromatic heterocycles. The molecule has 1 aromatic carbocycles. The van der Waals surface area contributed by atoms with E-state index in [4.69, 9.17) is 18.0 Å². The van der Waals surface area contributed by atoms with Gasteiger partial charge in [0.1, 0.15) is 10.7 Å². The molecule has 0 fully saturated rings. The third kappa shape index (κ3) is 2.06. The van der Waals surface area contributed by atoms with E-state index >= 15 is 0 Å². The lowest BCUT2D eigenvalue weighted by Crippen LogP contribution is -2.26. The summed E-state index contributed by atoms with van der Waals surface area (Å²) in [5.41, 5.74) is 8.72. The average Bonchev–Trinajstić information content (AvgIpc) is 2.74. The van der Waals surface area contributed by atoms with Gasteiger partial charge in [0, 0.05) is 17.9 Å². The average molecular weight is 270 g/mol. The van der Waals surface area contributed by atoms with Gasteiger partial charge in [-0.3, -0.25) is 0 Å². The Bertz CT molecular complexity index is 641. The van der Waals surface area contributed by atoms with Crippen LogP contribution in [-0.4, -0.2) is 21.0 Å². The Morgan fingerprint density at radius 2 is 2.16 bits per heavy atom. The van der Waals surface area contributed by atoms with E-state index in [9.17, 15) is 0 Å². The first-order chi connectivity index (χ1) is 9.16. The van der Waals surface area contributed by atoms with E-state index in [0.717, 1.165) is 12.1 Å². The summed E-state index contributed by atoms with van der Waals surface area (Å²) < 4.78 is 0. The first kappa shape index (κ1) is 12.0. The van der Waals surface area contributed by atoms with Crippen molar-refractivity contribution in [3.63, 3.8) is 0 Å². The van der Waals surface area contributed by atoms with E-state index in [1.54, 1.807) is 12.3 Å². The Kier molecular flexibility index (Phi) is 2.91. The Morgan fingerprint density at radius 1 is 1.37 bits per heavy atom. The highest BCUT2D eigenvalue weighted by atomic mass is 32.1. The molecular weight excluding hydrogens is 256 g/mol. The molecule has 1 atom stereocenters. The molecule has 19 heavy (non-hydrogen) atoms. The van der Waals surface area contributed by atoms with Crippen molar-refractivity contribution in [1.82, 2.24) is 9.97 Å². The van der Waals surface area contributed by atoms with Crippen LogP contribution in [0.5, 0.6) is 0 Å². The minimum atomic E-state index is 0.295. The monoisotopic (exact) mass is 270 g/mol. The molecule has 96 valence electrons. The number of nitrogens with two attached hydrogens (primary N) is 1. The molecule has 0 spiro atoms. The van der Waals surface area contributed by atoms with Crippen LogP contribution in [0, 0.1) is 0 Å². The fourth-order valence-corrected chi connectivity index (χ4v) is 2.59. The Balaban J connectivity index is 2.07. The maximum Gasteiger partial charge on any atom is 0.230 e. The quantitative estimate of drug-likeness (QED) is 0.848. The first-order valence-corrected chi connectivity index (χ1v) is 6.57. The Morgan fingerprint density at radius 3 is 2.95 bits per heavy atom. The number of hydrogen-bond acceptors (Lipinski definition) is 4. The van der Waals surface area contributed by atoms with Gasteiger partial charge < -0.3 is 10.6 Å². The predicted octanol–water partition coefficient (Wildman–Crippen LogP) is 2.19. The molecule has 0 aliphatic carbocycles. The van der Waals surface area contributed by atoms with Gasteiger partial charge in [-0.15, -0.1) is 0 Å². The number of aromatic nitrogens is 2. The predicted molar refractivity (Wildman–Crippen MR) is 79.7 cm³/mol. The molecule has 2 N–H and O–H groups in total. The second kappa shape index (κ2) is 4.59. The zero-order valence-corrected chi connectivity index (χ0v) is 11.4. The summed E-state index contributed by atoms with van der Waals surface area (Å²) in [5, 5.41) is 0. The molecule has 2 heterocycles. The maximum absolute atomic E-state index is 5.63. The highest BCUT2D eigenvalue weighted by Gasteiger charge is 2.28. The minimum absolute atomic E-state index is 0.295. The lowest BCUT2D eigenvalue weighted by molar-refractivity contribution is 0.739. The molecular formula is C14H14N4S. The zero-order chi connectivity index (χ0) is 13.4. The van der Waals surface area contributed by atoms with Gasteiger partial charge in [-0.05, 0) is 31.0 Å². The summed E-state index contributed by atoms with van der Waals surface area (Å²) in [5.74, 6) is 0.655. The molecule has 0 saturated carbocycles. The number of thiocarbonyl (C=S) groups is 1. The lowest BCUT2D eigenvalue weighted by atomic mass is 10.1. The van der Waals surface area contributed by atoms with Crippen molar-refractivity contribution in [2.75, 3.05) is 4.90 Å². The van der Waals surface area contributed by atoms with Crippen molar-refractivity contribution in [1.29, 1.82) is 0 Å². The first-order valence-electron chi connectivity index (χ1n) is 6.17. The van der Waals surface area contributed by atoms with Crippen LogP contribution in [0.15, 0.2) is 36.5 Å². The highest BCUT2D eigenvalue weighted by Crippen LogP contribution is 2.36. The van der Waals surface area contributed by atoms with Gasteiger partial charge in [0.05, 0.1) is 0 Å². The van der Waals surface area contributed by atoms with E-state index in [-0.39, 0.29) is 0 Å². The molecule has 0 amide bonds. The number of benzene rings is 1. The smallest absolute Gasteiger partial charge is 0.230 e. The SMILES string of the molecule is CC1Cc2ccccc2N1c1nccc(C(N)=S)n1. The van der Waals surface area contributed by atoms with E-state index in [0.29, 0.717) is 22.7 Å². The number of nitrogens with zero attached hydrogens (tertiary/aromatic N) is 3. The highest BCUT2D eigenvalue weighted by molar-refractivity contribution is 7.80. The third-order valence-corrected chi connectivity index (χ3v) is 3.53. The van der Waals surface area contributed by atoms with Crippen LogP contribution >= 0.6 is 12.2 Å². The van der Waals surface area contributed by atoms with Crippen molar-refractivity contribution >= 4 is 28.8 Å². The largest absolute Gasteiger partial charge is 0.388 e. The van der Waals surface area contributed by atoms with Gasteiger partial charge >= 0.3 is 0 Å². The molecule has 0 saturated heterocycles. The standard InChI is InChI=1S/C14H14N4S/c1-9-8-10-4-2-3-5-12(10)18(9)14-16-7-6-11(17-14)13(15)19/h2-7,9H,8H2,1H3,(H2,15,19). The Hall–Kier alpha value is -2.01. The molecule has 2 aromatic rings. The second-order valence-corrected chi connectivity index (χ2v) is 5.10. The summed E-state index contributed by atoms with van der Waals surface area (Å²) in [4.78, 5) is 11.2. The van der Waals surface area contributed by atoms with Crippen LogP contribution in [0.2, 0.25) is 0 Å². The van der Waals surface area contributed by atoms with E-state index in [1.807, 2.05) is 6.07 Å². The van der Waals surface area contributed by atoms with Crippen molar-refractivity contribution in [3.05, 3.63) is 47.8 Å². The summed E-state index contributed by atoms with van der Waals surface area (Å²) in [7, 11) is 0. The fraction of sp³-hybridized carbons (Fsp3) is 0.214. The fourth-order valence-electron chi connectivity index (χ4n) is 2.47. The topological polar surface area (TPSA) is 55.0 Å².